The quantitative estimate of drug-likeness (QED) is 0.713. The summed E-state index contributed by atoms with van der Waals surface area (Å²) in [6.45, 7) is -1.40. The van der Waals surface area contributed by atoms with Gasteiger partial charge < -0.3 is 10.8 Å². The number of nitrogens with two attached hydrogens (primary N) is 1. The van der Waals surface area contributed by atoms with Gasteiger partial charge in [-0.3, -0.25) is 0 Å². The van der Waals surface area contributed by atoms with Crippen molar-refractivity contribution in [3.8, 4) is 0 Å². The molecular weight excluding hydrogens is 223 g/mol. The molecule has 1 atom stereocenters. The molecule has 2 nitrogen and oxygen atoms in total. The predicted molar refractivity (Wildman–Crippen MR) is 31.0 cm³/mol. The average molecular weight is 229 g/mol. The van der Waals surface area contributed by atoms with E-state index in [1.165, 1.54) is 0 Å². The number of hydrogen-bond acceptors (Lipinski definition) is 2. The molecule has 0 fully saturated rings. The second-order valence-corrected chi connectivity index (χ2v) is 2.45. The highest BCUT2D eigenvalue weighted by atomic mass is 19.4. The van der Waals surface area contributed by atoms with Gasteiger partial charge in [-0.15, -0.1) is 0 Å². The van der Waals surface area contributed by atoms with Crippen LogP contribution in [0.5, 0.6) is 0 Å². The van der Waals surface area contributed by atoms with Crippen LogP contribution in [-0.2, 0) is 0 Å². The Bertz CT molecular complexity index is 201. The standard InChI is InChI=1S/C5H6F7NO/c6-3(7,2(14)1-13)4(8,9)5(10,11)12/h2,14H,1,13H2/t2-/m0/s1. The average Bonchev–Trinajstić information content (AvgIpc) is 2.00. The van der Waals surface area contributed by atoms with Crippen molar-refractivity contribution in [1.29, 1.82) is 0 Å². The van der Waals surface area contributed by atoms with E-state index in [0.29, 0.717) is 0 Å². The van der Waals surface area contributed by atoms with Gasteiger partial charge in [0.15, 0.2) is 0 Å². The third-order valence-corrected chi connectivity index (χ3v) is 1.42. The second kappa shape index (κ2) is 3.54. The van der Waals surface area contributed by atoms with Crippen LogP contribution in [0.1, 0.15) is 0 Å². The first kappa shape index (κ1) is 13.4. The molecule has 0 aliphatic carbocycles. The Morgan fingerprint density at radius 2 is 1.36 bits per heavy atom. The smallest absolute Gasteiger partial charge is 0.385 e. The van der Waals surface area contributed by atoms with Crippen molar-refractivity contribution in [3.63, 3.8) is 0 Å². The summed E-state index contributed by atoms with van der Waals surface area (Å²) in [4.78, 5) is 0. The fraction of sp³-hybridized carbons (Fsp3) is 1.00. The van der Waals surface area contributed by atoms with Crippen LogP contribution in [0.4, 0.5) is 30.7 Å². The highest BCUT2D eigenvalue weighted by Gasteiger charge is 2.75. The van der Waals surface area contributed by atoms with E-state index in [4.69, 9.17) is 5.11 Å². The van der Waals surface area contributed by atoms with E-state index in [2.05, 4.69) is 5.73 Å². The van der Waals surface area contributed by atoms with Crippen molar-refractivity contribution in [3.05, 3.63) is 0 Å². The molecule has 0 rings (SSSR count). The maximum Gasteiger partial charge on any atom is 0.459 e. The summed E-state index contributed by atoms with van der Waals surface area (Å²) >= 11 is 0. The number of halogens is 7. The van der Waals surface area contributed by atoms with Gasteiger partial charge in [0.25, 0.3) is 0 Å². The first-order valence-corrected chi connectivity index (χ1v) is 3.19. The van der Waals surface area contributed by atoms with Crippen LogP contribution in [0.15, 0.2) is 0 Å². The Hall–Kier alpha value is -0.570. The van der Waals surface area contributed by atoms with Gasteiger partial charge in [0.05, 0.1) is 0 Å². The van der Waals surface area contributed by atoms with Crippen LogP contribution < -0.4 is 5.73 Å². The van der Waals surface area contributed by atoms with E-state index < -0.39 is 30.7 Å². The fourth-order valence-electron chi connectivity index (χ4n) is 0.546. The topological polar surface area (TPSA) is 46.2 Å². The number of alkyl halides is 7. The Kier molecular flexibility index (Phi) is 3.39. The molecule has 0 unspecified atom stereocenters. The third-order valence-electron chi connectivity index (χ3n) is 1.42. The minimum absolute atomic E-state index is 1.40. The molecular formula is C5H6F7NO. The normalized spacial score (nSPS) is 16.9. The van der Waals surface area contributed by atoms with Crippen LogP contribution in [0, 0.1) is 0 Å². The lowest BCUT2D eigenvalue weighted by Crippen LogP contribution is -2.59. The Morgan fingerprint density at radius 3 is 1.57 bits per heavy atom. The molecule has 0 aliphatic heterocycles. The highest BCUT2D eigenvalue weighted by molar-refractivity contribution is 4.96. The van der Waals surface area contributed by atoms with Gasteiger partial charge in [-0.2, -0.15) is 30.7 Å². The minimum Gasteiger partial charge on any atom is -0.385 e. The number of aliphatic hydroxyl groups excluding tert-OH is 1. The maximum absolute atomic E-state index is 12.3. The summed E-state index contributed by atoms with van der Waals surface area (Å²) < 4.78 is 83.0. The van der Waals surface area contributed by atoms with Crippen molar-refractivity contribution >= 4 is 0 Å². The molecule has 14 heavy (non-hydrogen) atoms. The zero-order valence-corrected chi connectivity index (χ0v) is 6.45. The summed E-state index contributed by atoms with van der Waals surface area (Å²) in [5.74, 6) is -11.9. The van der Waals surface area contributed by atoms with Crippen molar-refractivity contribution in [1.82, 2.24) is 0 Å². The number of aliphatic hydroxyl groups is 1. The van der Waals surface area contributed by atoms with Crippen molar-refractivity contribution < 1.29 is 35.8 Å². The molecule has 9 heteroatoms. The molecule has 0 aliphatic rings. The van der Waals surface area contributed by atoms with E-state index in [-0.39, 0.29) is 0 Å². The van der Waals surface area contributed by atoms with Gasteiger partial charge in [-0.1, -0.05) is 0 Å². The van der Waals surface area contributed by atoms with Gasteiger partial charge in [0, 0.05) is 6.54 Å². The van der Waals surface area contributed by atoms with Crippen LogP contribution in [0.25, 0.3) is 0 Å². The highest BCUT2D eigenvalue weighted by Crippen LogP contribution is 2.47. The van der Waals surface area contributed by atoms with Gasteiger partial charge in [-0.25, -0.2) is 0 Å². The lowest BCUT2D eigenvalue weighted by molar-refractivity contribution is -0.369. The summed E-state index contributed by atoms with van der Waals surface area (Å²) in [7, 11) is 0. The van der Waals surface area contributed by atoms with E-state index in [1.807, 2.05) is 0 Å². The molecule has 0 heterocycles. The third kappa shape index (κ3) is 1.92. The molecule has 0 saturated heterocycles. The van der Waals surface area contributed by atoms with Crippen LogP contribution in [0.2, 0.25) is 0 Å². The number of hydrogen-bond donors (Lipinski definition) is 2. The molecule has 0 aromatic heterocycles. The Morgan fingerprint density at radius 1 is 1.00 bits per heavy atom. The first-order valence-electron chi connectivity index (χ1n) is 3.19. The van der Waals surface area contributed by atoms with Crippen LogP contribution >= 0.6 is 0 Å². The molecule has 0 radical (unpaired) electrons. The molecule has 86 valence electrons. The summed E-state index contributed by atoms with van der Waals surface area (Å²) in [5.41, 5.74) is 4.37. The minimum atomic E-state index is -6.44. The van der Waals surface area contributed by atoms with Crippen molar-refractivity contribution in [2.24, 2.45) is 5.73 Å². The summed E-state index contributed by atoms with van der Waals surface area (Å²) in [6, 6.07) is 0. The molecule has 0 aromatic carbocycles. The van der Waals surface area contributed by atoms with Crippen molar-refractivity contribution in [2.75, 3.05) is 6.54 Å². The van der Waals surface area contributed by atoms with E-state index in [0.717, 1.165) is 0 Å². The summed E-state index contributed by atoms with van der Waals surface area (Å²) in [5, 5.41) is 8.23. The monoisotopic (exact) mass is 229 g/mol. The van der Waals surface area contributed by atoms with Crippen LogP contribution in [0.3, 0.4) is 0 Å². The van der Waals surface area contributed by atoms with Gasteiger partial charge in [-0.05, 0) is 0 Å². The maximum atomic E-state index is 12.3. The van der Waals surface area contributed by atoms with E-state index in [1.54, 1.807) is 0 Å². The second-order valence-electron chi connectivity index (χ2n) is 2.45. The largest absolute Gasteiger partial charge is 0.459 e. The lowest BCUT2D eigenvalue weighted by Gasteiger charge is -2.30. The van der Waals surface area contributed by atoms with Crippen molar-refractivity contribution in [2.45, 2.75) is 24.1 Å². The summed E-state index contributed by atoms with van der Waals surface area (Å²) in [6.07, 6.45) is -9.69. The van der Waals surface area contributed by atoms with Gasteiger partial charge in [0.2, 0.25) is 0 Å². The van der Waals surface area contributed by atoms with Gasteiger partial charge in [0.1, 0.15) is 6.10 Å². The molecule has 0 amide bonds. The SMILES string of the molecule is NC[C@H](O)C(F)(F)C(F)(F)C(F)(F)F. The predicted octanol–water partition coefficient (Wildman–Crippen LogP) is 1.14. The Balaban J connectivity index is 5.07. The molecule has 0 spiro atoms. The Labute approximate surface area is 73.5 Å². The number of rotatable bonds is 3. The zero-order chi connectivity index (χ0) is 11.8. The van der Waals surface area contributed by atoms with E-state index in [9.17, 15) is 30.7 Å². The van der Waals surface area contributed by atoms with Gasteiger partial charge >= 0.3 is 18.0 Å². The van der Waals surface area contributed by atoms with E-state index >= 15 is 0 Å². The zero-order valence-electron chi connectivity index (χ0n) is 6.45. The first-order chi connectivity index (χ1) is 5.98. The molecule has 0 aromatic rings. The molecule has 3 N–H and O–H groups in total. The molecule has 0 bridgehead atoms. The fourth-order valence-corrected chi connectivity index (χ4v) is 0.546. The van der Waals surface area contributed by atoms with Crippen LogP contribution in [-0.4, -0.2) is 35.8 Å². The molecule has 0 saturated carbocycles. The lowest BCUT2D eigenvalue weighted by atomic mass is 10.1.